The first kappa shape index (κ1) is 16.7. The molecule has 0 aliphatic heterocycles. The van der Waals surface area contributed by atoms with Crippen molar-refractivity contribution in [2.45, 2.75) is 45.6 Å². The molecule has 0 spiro atoms. The molecule has 116 valence electrons. The Morgan fingerprint density at radius 3 is 2.76 bits per heavy atom. The summed E-state index contributed by atoms with van der Waals surface area (Å²) in [5.74, 6) is 3.05. The SMILES string of the molecule is CSCCCCCCn1c(CCCl)nc2cc(C)ccc21. The lowest BCUT2D eigenvalue weighted by Crippen LogP contribution is -2.05. The van der Waals surface area contributed by atoms with E-state index in [0.717, 1.165) is 24.3 Å². The van der Waals surface area contributed by atoms with Crippen LogP contribution in [0.2, 0.25) is 0 Å². The van der Waals surface area contributed by atoms with Crippen LogP contribution in [0.3, 0.4) is 0 Å². The maximum Gasteiger partial charge on any atom is 0.111 e. The molecular formula is C17H25ClN2S. The maximum absolute atomic E-state index is 5.93. The zero-order chi connectivity index (χ0) is 15.1. The van der Waals surface area contributed by atoms with E-state index in [1.165, 1.54) is 42.5 Å². The molecule has 0 unspecified atom stereocenters. The van der Waals surface area contributed by atoms with Crippen LogP contribution in [-0.4, -0.2) is 27.4 Å². The monoisotopic (exact) mass is 324 g/mol. The van der Waals surface area contributed by atoms with Gasteiger partial charge in [0.25, 0.3) is 0 Å². The summed E-state index contributed by atoms with van der Waals surface area (Å²) in [6, 6.07) is 6.54. The van der Waals surface area contributed by atoms with Crippen molar-refractivity contribution in [3.8, 4) is 0 Å². The number of fused-ring (bicyclic) bond motifs is 1. The summed E-state index contributed by atoms with van der Waals surface area (Å²) in [6.45, 7) is 3.18. The highest BCUT2D eigenvalue weighted by molar-refractivity contribution is 7.98. The number of thioether (sulfide) groups is 1. The molecule has 0 N–H and O–H groups in total. The Morgan fingerprint density at radius 1 is 1.19 bits per heavy atom. The van der Waals surface area contributed by atoms with Gasteiger partial charge in [0, 0.05) is 18.8 Å². The molecule has 4 heteroatoms. The number of nitrogens with zero attached hydrogens (tertiary/aromatic N) is 2. The van der Waals surface area contributed by atoms with E-state index >= 15 is 0 Å². The van der Waals surface area contributed by atoms with Crippen LogP contribution in [0.15, 0.2) is 18.2 Å². The van der Waals surface area contributed by atoms with E-state index < -0.39 is 0 Å². The van der Waals surface area contributed by atoms with Gasteiger partial charge in [-0.05, 0) is 49.5 Å². The quantitative estimate of drug-likeness (QED) is 0.474. The van der Waals surface area contributed by atoms with Crippen molar-refractivity contribution in [3.63, 3.8) is 0 Å². The first-order valence-electron chi connectivity index (χ1n) is 7.77. The summed E-state index contributed by atoms with van der Waals surface area (Å²) in [4.78, 5) is 4.77. The van der Waals surface area contributed by atoms with E-state index in [1.807, 2.05) is 11.8 Å². The lowest BCUT2D eigenvalue weighted by Gasteiger charge is -2.08. The van der Waals surface area contributed by atoms with Crippen molar-refractivity contribution in [1.29, 1.82) is 0 Å². The topological polar surface area (TPSA) is 17.8 Å². The van der Waals surface area contributed by atoms with Crippen LogP contribution in [0.1, 0.15) is 37.1 Å². The van der Waals surface area contributed by atoms with Crippen LogP contribution < -0.4 is 0 Å². The van der Waals surface area contributed by atoms with Crippen LogP contribution in [-0.2, 0) is 13.0 Å². The van der Waals surface area contributed by atoms with Crippen LogP contribution >= 0.6 is 23.4 Å². The highest BCUT2D eigenvalue weighted by atomic mass is 35.5. The first-order chi connectivity index (χ1) is 10.3. The fraction of sp³-hybridized carbons (Fsp3) is 0.588. The van der Waals surface area contributed by atoms with Crippen molar-refractivity contribution in [2.75, 3.05) is 17.9 Å². The second-order valence-electron chi connectivity index (χ2n) is 5.52. The molecule has 1 aromatic heterocycles. The average Bonchev–Trinajstić information content (AvgIpc) is 2.80. The zero-order valence-corrected chi connectivity index (χ0v) is 14.6. The number of hydrogen-bond acceptors (Lipinski definition) is 2. The van der Waals surface area contributed by atoms with Crippen molar-refractivity contribution in [1.82, 2.24) is 9.55 Å². The Hall–Kier alpha value is -0.670. The Kier molecular flexibility index (Phi) is 6.91. The van der Waals surface area contributed by atoms with E-state index in [2.05, 4.69) is 35.9 Å². The van der Waals surface area contributed by atoms with Gasteiger partial charge in [-0.1, -0.05) is 18.9 Å². The summed E-state index contributed by atoms with van der Waals surface area (Å²) < 4.78 is 2.37. The molecule has 21 heavy (non-hydrogen) atoms. The molecule has 0 fully saturated rings. The molecule has 0 aliphatic rings. The number of aromatic nitrogens is 2. The predicted molar refractivity (Wildman–Crippen MR) is 95.7 cm³/mol. The second-order valence-corrected chi connectivity index (χ2v) is 6.88. The van der Waals surface area contributed by atoms with E-state index in [4.69, 9.17) is 16.6 Å². The normalized spacial score (nSPS) is 11.4. The minimum Gasteiger partial charge on any atom is -0.328 e. The van der Waals surface area contributed by atoms with Gasteiger partial charge in [0.15, 0.2) is 0 Å². The lowest BCUT2D eigenvalue weighted by molar-refractivity contribution is 0.578. The van der Waals surface area contributed by atoms with Gasteiger partial charge in [-0.2, -0.15) is 11.8 Å². The molecule has 0 amide bonds. The number of hydrogen-bond donors (Lipinski definition) is 0. The molecule has 0 saturated carbocycles. The minimum atomic E-state index is 0.635. The summed E-state index contributed by atoms with van der Waals surface area (Å²) in [6.07, 6.45) is 8.21. The smallest absolute Gasteiger partial charge is 0.111 e. The molecule has 2 rings (SSSR count). The third-order valence-corrected chi connectivity index (χ3v) is 4.67. The number of imidazole rings is 1. The average molecular weight is 325 g/mol. The summed E-state index contributed by atoms with van der Waals surface area (Å²) >= 11 is 7.87. The van der Waals surface area contributed by atoms with E-state index in [1.54, 1.807) is 0 Å². The summed E-state index contributed by atoms with van der Waals surface area (Å²) in [5, 5.41) is 0. The number of benzene rings is 1. The summed E-state index contributed by atoms with van der Waals surface area (Å²) in [5.41, 5.74) is 3.63. The predicted octanol–water partition coefficient (Wildman–Crippen LogP) is 5.05. The Morgan fingerprint density at radius 2 is 2.00 bits per heavy atom. The number of halogens is 1. The highest BCUT2D eigenvalue weighted by Crippen LogP contribution is 2.20. The van der Waals surface area contributed by atoms with Crippen molar-refractivity contribution < 1.29 is 0 Å². The molecular weight excluding hydrogens is 300 g/mol. The lowest BCUT2D eigenvalue weighted by atomic mass is 10.2. The van der Waals surface area contributed by atoms with Gasteiger partial charge in [0.05, 0.1) is 11.0 Å². The van der Waals surface area contributed by atoms with Gasteiger partial charge < -0.3 is 4.57 Å². The number of unbranched alkanes of at least 4 members (excludes halogenated alkanes) is 3. The third kappa shape index (κ3) is 4.65. The van der Waals surface area contributed by atoms with Gasteiger partial charge in [-0.15, -0.1) is 11.6 Å². The molecule has 2 nitrogen and oxygen atoms in total. The highest BCUT2D eigenvalue weighted by Gasteiger charge is 2.10. The number of aryl methyl sites for hydroxylation is 3. The van der Waals surface area contributed by atoms with Gasteiger partial charge in [0.1, 0.15) is 5.82 Å². The standard InChI is InChI=1S/C17H25ClN2S/c1-14-7-8-16-15(13-14)19-17(9-10-18)20(16)11-5-3-4-6-12-21-2/h7-8,13H,3-6,9-12H2,1-2H3. The number of alkyl halides is 1. The van der Waals surface area contributed by atoms with Crippen LogP contribution in [0.5, 0.6) is 0 Å². The van der Waals surface area contributed by atoms with Crippen molar-refractivity contribution in [3.05, 3.63) is 29.6 Å². The van der Waals surface area contributed by atoms with E-state index in [-0.39, 0.29) is 0 Å². The Bertz CT molecular complexity index is 565. The van der Waals surface area contributed by atoms with Gasteiger partial charge in [-0.3, -0.25) is 0 Å². The van der Waals surface area contributed by atoms with Crippen molar-refractivity contribution >= 4 is 34.4 Å². The molecule has 0 bridgehead atoms. The molecule has 0 saturated heterocycles. The second kappa shape index (κ2) is 8.70. The minimum absolute atomic E-state index is 0.635. The molecule has 0 radical (unpaired) electrons. The largest absolute Gasteiger partial charge is 0.328 e. The molecule has 1 aromatic carbocycles. The van der Waals surface area contributed by atoms with Crippen LogP contribution in [0, 0.1) is 6.92 Å². The first-order valence-corrected chi connectivity index (χ1v) is 9.69. The van der Waals surface area contributed by atoms with E-state index in [0.29, 0.717) is 5.88 Å². The van der Waals surface area contributed by atoms with Gasteiger partial charge in [-0.25, -0.2) is 4.98 Å². The Labute approximate surface area is 137 Å². The van der Waals surface area contributed by atoms with E-state index in [9.17, 15) is 0 Å². The zero-order valence-electron chi connectivity index (χ0n) is 13.1. The Balaban J connectivity index is 2.04. The van der Waals surface area contributed by atoms with Gasteiger partial charge >= 0.3 is 0 Å². The fourth-order valence-electron chi connectivity index (χ4n) is 2.68. The fourth-order valence-corrected chi connectivity index (χ4v) is 3.35. The van der Waals surface area contributed by atoms with Crippen LogP contribution in [0.25, 0.3) is 11.0 Å². The molecule has 2 aromatic rings. The molecule has 1 heterocycles. The van der Waals surface area contributed by atoms with Crippen LogP contribution in [0.4, 0.5) is 0 Å². The number of rotatable bonds is 9. The molecule has 0 atom stereocenters. The van der Waals surface area contributed by atoms with Crippen molar-refractivity contribution in [2.24, 2.45) is 0 Å². The molecule has 0 aliphatic carbocycles. The summed E-state index contributed by atoms with van der Waals surface area (Å²) in [7, 11) is 0. The van der Waals surface area contributed by atoms with Gasteiger partial charge in [0.2, 0.25) is 0 Å². The third-order valence-electron chi connectivity index (χ3n) is 3.78. The maximum atomic E-state index is 5.93.